The van der Waals surface area contributed by atoms with Crippen molar-refractivity contribution in [2.75, 3.05) is 27.2 Å². The summed E-state index contributed by atoms with van der Waals surface area (Å²) in [6.45, 7) is 5.94. The van der Waals surface area contributed by atoms with E-state index < -0.39 is 0 Å². The van der Waals surface area contributed by atoms with Gasteiger partial charge in [0.05, 0.1) is 18.6 Å². The minimum Gasteiger partial charge on any atom is -0.309 e. The fourth-order valence-electron chi connectivity index (χ4n) is 0.672. The van der Waals surface area contributed by atoms with Crippen LogP contribution in [0.2, 0.25) is 0 Å². The summed E-state index contributed by atoms with van der Waals surface area (Å²) in [6, 6.07) is 3.00. The van der Waals surface area contributed by atoms with E-state index in [4.69, 9.17) is 0 Å². The molecule has 0 rings (SSSR count). The van der Waals surface area contributed by atoms with Gasteiger partial charge in [-0.05, 0) is 40.9 Å². The van der Waals surface area contributed by atoms with Gasteiger partial charge >= 0.3 is 0 Å². The number of hydrogen-bond donors (Lipinski definition) is 0. The van der Waals surface area contributed by atoms with Crippen LogP contribution >= 0.6 is 0 Å². The normalized spacial score (nSPS) is 10.2. The first-order valence-corrected chi connectivity index (χ1v) is 4.39. The van der Waals surface area contributed by atoms with Crippen LogP contribution in [0.4, 0.5) is 0 Å². The second kappa shape index (κ2) is 7.01. The van der Waals surface area contributed by atoms with E-state index >= 15 is 0 Å². The summed E-state index contributed by atoms with van der Waals surface area (Å²) in [5.74, 6) is 0. The monoisotopic (exact) mass is 169 g/mol. The van der Waals surface area contributed by atoms with Crippen LogP contribution in [0.25, 0.3) is 0 Å². The average Bonchev–Trinajstić information content (AvgIpc) is 1.95. The Morgan fingerprint density at radius 2 is 2.00 bits per heavy atom. The standard InChI is InChI=1S/C9H19N3/c1-9(2)11-8-10-6-5-7-12(3)4/h9H,5-7H2,1-4H3. The van der Waals surface area contributed by atoms with E-state index in [1.54, 1.807) is 0 Å². The first kappa shape index (κ1) is 11.3. The molecule has 0 atom stereocenters. The molecular formula is C9H19N3. The van der Waals surface area contributed by atoms with Crippen LogP contribution in [-0.4, -0.2) is 44.1 Å². The van der Waals surface area contributed by atoms with Crippen molar-refractivity contribution < 1.29 is 0 Å². The molecule has 0 aromatic rings. The third kappa shape index (κ3) is 9.34. The molecule has 12 heavy (non-hydrogen) atoms. The van der Waals surface area contributed by atoms with Gasteiger partial charge in [-0.15, -0.1) is 0 Å². The Bertz CT molecular complexity index is 155. The van der Waals surface area contributed by atoms with Gasteiger partial charge in [-0.25, -0.2) is 9.98 Å². The lowest BCUT2D eigenvalue weighted by molar-refractivity contribution is 0.403. The Hall–Kier alpha value is -0.660. The van der Waals surface area contributed by atoms with Crippen LogP contribution in [0.15, 0.2) is 9.98 Å². The maximum Gasteiger partial charge on any atom is 0.0895 e. The average molecular weight is 169 g/mol. The number of nitrogens with zero attached hydrogens (tertiary/aromatic N) is 3. The van der Waals surface area contributed by atoms with Crippen molar-refractivity contribution in [2.45, 2.75) is 26.3 Å². The summed E-state index contributed by atoms with van der Waals surface area (Å²) >= 11 is 0. The summed E-state index contributed by atoms with van der Waals surface area (Å²) in [6.07, 6.45) is 1.08. The fourth-order valence-corrected chi connectivity index (χ4v) is 0.672. The van der Waals surface area contributed by atoms with E-state index in [1.807, 2.05) is 13.8 Å². The Morgan fingerprint density at radius 1 is 1.33 bits per heavy atom. The highest BCUT2D eigenvalue weighted by molar-refractivity contribution is 5.41. The quantitative estimate of drug-likeness (QED) is 0.453. The summed E-state index contributed by atoms with van der Waals surface area (Å²) in [5.41, 5.74) is 0. The van der Waals surface area contributed by atoms with Gasteiger partial charge in [-0.1, -0.05) is 0 Å². The highest BCUT2D eigenvalue weighted by Crippen LogP contribution is 1.84. The van der Waals surface area contributed by atoms with Crippen LogP contribution in [0, 0.1) is 0 Å². The Balaban J connectivity index is 3.36. The SMILES string of the molecule is CC(C)N=C=NCCCN(C)C. The van der Waals surface area contributed by atoms with Crippen molar-refractivity contribution in [1.29, 1.82) is 0 Å². The summed E-state index contributed by atoms with van der Waals surface area (Å²) in [7, 11) is 4.12. The van der Waals surface area contributed by atoms with Crippen LogP contribution in [0.1, 0.15) is 20.3 Å². The van der Waals surface area contributed by atoms with Gasteiger partial charge in [0.25, 0.3) is 0 Å². The minimum absolute atomic E-state index is 0.308. The number of aliphatic imine (C=N–C) groups is 2. The molecule has 70 valence electrons. The molecular weight excluding hydrogens is 150 g/mol. The van der Waals surface area contributed by atoms with Crippen LogP contribution < -0.4 is 0 Å². The van der Waals surface area contributed by atoms with Crippen molar-refractivity contribution in [3.63, 3.8) is 0 Å². The van der Waals surface area contributed by atoms with Crippen molar-refractivity contribution >= 4 is 6.01 Å². The Labute approximate surface area is 75.2 Å². The predicted molar refractivity (Wildman–Crippen MR) is 53.0 cm³/mol. The number of rotatable bonds is 5. The van der Waals surface area contributed by atoms with Gasteiger partial charge in [0.15, 0.2) is 0 Å². The van der Waals surface area contributed by atoms with Crippen molar-refractivity contribution in [3.05, 3.63) is 0 Å². The maximum absolute atomic E-state index is 4.04. The summed E-state index contributed by atoms with van der Waals surface area (Å²) < 4.78 is 0. The third-order valence-corrected chi connectivity index (χ3v) is 1.26. The van der Waals surface area contributed by atoms with E-state index in [2.05, 4.69) is 35.0 Å². The fraction of sp³-hybridized carbons (Fsp3) is 0.889. The second-order valence-electron chi connectivity index (χ2n) is 3.36. The van der Waals surface area contributed by atoms with Crippen molar-refractivity contribution in [2.24, 2.45) is 9.98 Å². The molecule has 0 aromatic heterocycles. The van der Waals surface area contributed by atoms with Gasteiger partial charge in [0, 0.05) is 0 Å². The zero-order valence-electron chi connectivity index (χ0n) is 8.54. The largest absolute Gasteiger partial charge is 0.309 e. The molecule has 0 aromatic carbocycles. The summed E-state index contributed by atoms with van der Waals surface area (Å²) in [5, 5.41) is 0. The van der Waals surface area contributed by atoms with Crippen molar-refractivity contribution in [1.82, 2.24) is 4.90 Å². The Kier molecular flexibility index (Phi) is 6.63. The lowest BCUT2D eigenvalue weighted by Gasteiger charge is -2.05. The van der Waals surface area contributed by atoms with Crippen molar-refractivity contribution in [3.8, 4) is 0 Å². The molecule has 0 spiro atoms. The Morgan fingerprint density at radius 3 is 2.50 bits per heavy atom. The molecule has 0 radical (unpaired) electrons. The molecule has 0 unspecified atom stereocenters. The maximum atomic E-state index is 4.04. The molecule has 0 aliphatic heterocycles. The molecule has 0 amide bonds. The summed E-state index contributed by atoms with van der Waals surface area (Å²) in [4.78, 5) is 10.2. The molecule has 0 N–H and O–H groups in total. The first-order valence-electron chi connectivity index (χ1n) is 4.39. The lowest BCUT2D eigenvalue weighted by atomic mass is 10.4. The predicted octanol–water partition coefficient (Wildman–Crippen LogP) is 1.52. The van der Waals surface area contributed by atoms with Gasteiger partial charge in [0.2, 0.25) is 0 Å². The smallest absolute Gasteiger partial charge is 0.0895 e. The molecule has 3 heteroatoms. The van der Waals surface area contributed by atoms with E-state index in [0.29, 0.717) is 6.04 Å². The molecule has 0 aliphatic carbocycles. The minimum atomic E-state index is 0.308. The zero-order chi connectivity index (χ0) is 9.40. The van der Waals surface area contributed by atoms with E-state index in [9.17, 15) is 0 Å². The third-order valence-electron chi connectivity index (χ3n) is 1.26. The highest BCUT2D eigenvalue weighted by atomic mass is 15.0. The molecule has 0 saturated carbocycles. The number of hydrogen-bond acceptors (Lipinski definition) is 3. The van der Waals surface area contributed by atoms with E-state index in [1.165, 1.54) is 0 Å². The van der Waals surface area contributed by atoms with Gasteiger partial charge in [-0.2, -0.15) is 0 Å². The van der Waals surface area contributed by atoms with Crippen LogP contribution in [0.5, 0.6) is 0 Å². The van der Waals surface area contributed by atoms with Gasteiger partial charge in [-0.3, -0.25) is 0 Å². The van der Waals surface area contributed by atoms with Gasteiger partial charge in [0.1, 0.15) is 0 Å². The molecule has 3 nitrogen and oxygen atoms in total. The topological polar surface area (TPSA) is 28.0 Å². The van der Waals surface area contributed by atoms with Crippen LogP contribution in [0.3, 0.4) is 0 Å². The first-order chi connectivity index (χ1) is 5.63. The molecule has 0 saturated heterocycles. The second-order valence-corrected chi connectivity index (χ2v) is 3.36. The van der Waals surface area contributed by atoms with Gasteiger partial charge < -0.3 is 4.90 Å². The molecule has 0 heterocycles. The lowest BCUT2D eigenvalue weighted by Crippen LogP contribution is -2.13. The molecule has 0 aliphatic rings. The highest BCUT2D eigenvalue weighted by Gasteiger charge is 1.87. The van der Waals surface area contributed by atoms with E-state index in [-0.39, 0.29) is 0 Å². The van der Waals surface area contributed by atoms with E-state index in [0.717, 1.165) is 19.5 Å². The van der Waals surface area contributed by atoms with Crippen LogP contribution in [-0.2, 0) is 0 Å². The molecule has 0 fully saturated rings. The molecule has 0 bridgehead atoms. The zero-order valence-corrected chi connectivity index (χ0v) is 8.54.